The van der Waals surface area contributed by atoms with E-state index >= 15 is 0 Å². The van der Waals surface area contributed by atoms with Gasteiger partial charge in [-0.3, -0.25) is 0 Å². The Hall–Kier alpha value is -0.830. The summed E-state index contributed by atoms with van der Waals surface area (Å²) in [4.78, 5) is 4.56. The van der Waals surface area contributed by atoms with Crippen LogP contribution in [-0.4, -0.2) is 9.55 Å². The highest BCUT2D eigenvalue weighted by atomic mass is 15.1. The van der Waals surface area contributed by atoms with E-state index in [-0.39, 0.29) is 0 Å². The van der Waals surface area contributed by atoms with Gasteiger partial charge in [0.1, 0.15) is 5.82 Å². The van der Waals surface area contributed by atoms with Crippen LogP contribution in [0.15, 0.2) is 0 Å². The molecule has 0 aromatic carbocycles. The van der Waals surface area contributed by atoms with Crippen molar-refractivity contribution < 1.29 is 0 Å². The third kappa shape index (κ3) is 1.37. The molecule has 2 N–H and O–H groups in total. The second kappa shape index (κ2) is 3.14. The van der Waals surface area contributed by atoms with Gasteiger partial charge in [0.15, 0.2) is 0 Å². The molecule has 0 spiro atoms. The van der Waals surface area contributed by atoms with Crippen molar-refractivity contribution in [1.82, 2.24) is 9.55 Å². The van der Waals surface area contributed by atoms with Crippen LogP contribution in [0.2, 0.25) is 0 Å². The number of hydrogen-bond donors (Lipinski definition) is 1. The first-order valence-electron chi connectivity index (χ1n) is 4.97. The normalized spacial score (nSPS) is 21.6. The highest BCUT2D eigenvalue weighted by Gasteiger charge is 2.19. The molecule has 1 aromatic rings. The molecule has 0 saturated heterocycles. The number of aromatic nitrogens is 2. The Morgan fingerprint density at radius 1 is 1.62 bits per heavy atom. The fourth-order valence-corrected chi connectivity index (χ4v) is 2.11. The highest BCUT2D eigenvalue weighted by Crippen LogP contribution is 2.22. The largest absolute Gasteiger partial charge is 0.331 e. The van der Waals surface area contributed by atoms with Crippen molar-refractivity contribution in [2.45, 2.75) is 39.8 Å². The van der Waals surface area contributed by atoms with E-state index in [2.05, 4.69) is 23.4 Å². The van der Waals surface area contributed by atoms with E-state index in [1.165, 1.54) is 17.9 Å². The SMILES string of the molecule is Cc1nc2n(c1CN)CCC(C)C2. The lowest BCUT2D eigenvalue weighted by molar-refractivity contribution is 0.403. The smallest absolute Gasteiger partial charge is 0.109 e. The van der Waals surface area contributed by atoms with Gasteiger partial charge in [0.2, 0.25) is 0 Å². The van der Waals surface area contributed by atoms with E-state index in [9.17, 15) is 0 Å². The third-order valence-corrected chi connectivity index (χ3v) is 2.92. The zero-order valence-electron chi connectivity index (χ0n) is 8.38. The summed E-state index contributed by atoms with van der Waals surface area (Å²) in [5.41, 5.74) is 8.03. The molecular formula is C10H17N3. The molecule has 2 rings (SSSR count). The second-order valence-corrected chi connectivity index (χ2v) is 4.01. The van der Waals surface area contributed by atoms with Crippen molar-refractivity contribution in [3.05, 3.63) is 17.2 Å². The molecule has 1 atom stereocenters. The molecule has 0 aliphatic carbocycles. The maximum absolute atomic E-state index is 5.69. The zero-order valence-corrected chi connectivity index (χ0v) is 8.38. The summed E-state index contributed by atoms with van der Waals surface area (Å²) < 4.78 is 2.30. The van der Waals surface area contributed by atoms with E-state index in [4.69, 9.17) is 5.73 Å². The van der Waals surface area contributed by atoms with Gasteiger partial charge < -0.3 is 10.3 Å². The van der Waals surface area contributed by atoms with E-state index < -0.39 is 0 Å². The fourth-order valence-electron chi connectivity index (χ4n) is 2.11. The minimum Gasteiger partial charge on any atom is -0.331 e. The predicted octanol–water partition coefficient (Wildman–Crippen LogP) is 1.23. The minimum atomic E-state index is 0.618. The zero-order chi connectivity index (χ0) is 9.42. The van der Waals surface area contributed by atoms with Gasteiger partial charge in [-0.05, 0) is 19.3 Å². The Kier molecular flexibility index (Phi) is 2.12. The summed E-state index contributed by atoms with van der Waals surface area (Å²) in [6, 6.07) is 0. The average molecular weight is 179 g/mol. The summed E-state index contributed by atoms with van der Waals surface area (Å²) in [5.74, 6) is 2.01. The lowest BCUT2D eigenvalue weighted by Gasteiger charge is -2.21. The first-order valence-corrected chi connectivity index (χ1v) is 4.97. The quantitative estimate of drug-likeness (QED) is 0.704. The van der Waals surface area contributed by atoms with E-state index in [1.54, 1.807) is 0 Å². The Morgan fingerprint density at radius 2 is 2.38 bits per heavy atom. The summed E-state index contributed by atoms with van der Waals surface area (Å²) in [6.07, 6.45) is 2.37. The van der Waals surface area contributed by atoms with E-state index in [0.717, 1.165) is 24.6 Å². The number of rotatable bonds is 1. The molecule has 0 bridgehead atoms. The molecule has 1 aliphatic rings. The third-order valence-electron chi connectivity index (χ3n) is 2.92. The van der Waals surface area contributed by atoms with Crippen LogP contribution in [0.4, 0.5) is 0 Å². The van der Waals surface area contributed by atoms with E-state index in [0.29, 0.717) is 6.54 Å². The van der Waals surface area contributed by atoms with E-state index in [1.807, 2.05) is 0 Å². The van der Waals surface area contributed by atoms with Gasteiger partial charge in [-0.15, -0.1) is 0 Å². The standard InChI is InChI=1S/C10H17N3/c1-7-3-4-13-9(6-11)8(2)12-10(13)5-7/h7H,3-6,11H2,1-2H3. The number of nitrogens with two attached hydrogens (primary N) is 1. The Morgan fingerprint density at radius 3 is 3.08 bits per heavy atom. The maximum atomic E-state index is 5.69. The monoisotopic (exact) mass is 179 g/mol. The van der Waals surface area contributed by atoms with Crippen molar-refractivity contribution >= 4 is 0 Å². The van der Waals surface area contributed by atoms with Gasteiger partial charge in [0, 0.05) is 19.5 Å². The molecule has 13 heavy (non-hydrogen) atoms. The van der Waals surface area contributed by atoms with Gasteiger partial charge >= 0.3 is 0 Å². The molecule has 0 amide bonds. The Balaban J connectivity index is 2.41. The van der Waals surface area contributed by atoms with Crippen molar-refractivity contribution in [2.75, 3.05) is 0 Å². The second-order valence-electron chi connectivity index (χ2n) is 4.01. The fraction of sp³-hybridized carbons (Fsp3) is 0.700. The van der Waals surface area contributed by atoms with Crippen LogP contribution < -0.4 is 5.73 Å². The number of hydrogen-bond acceptors (Lipinski definition) is 2. The Labute approximate surface area is 79.0 Å². The molecule has 3 nitrogen and oxygen atoms in total. The van der Waals surface area contributed by atoms with Crippen molar-refractivity contribution in [3.8, 4) is 0 Å². The van der Waals surface area contributed by atoms with Gasteiger partial charge in [0.25, 0.3) is 0 Å². The summed E-state index contributed by atoms with van der Waals surface area (Å²) in [6.45, 7) is 6.06. The minimum absolute atomic E-state index is 0.618. The molecule has 0 radical (unpaired) electrons. The van der Waals surface area contributed by atoms with Crippen molar-refractivity contribution in [1.29, 1.82) is 0 Å². The predicted molar refractivity (Wildman–Crippen MR) is 52.3 cm³/mol. The van der Waals surface area contributed by atoms with Gasteiger partial charge in [-0.1, -0.05) is 6.92 Å². The van der Waals surface area contributed by atoms with Crippen LogP contribution in [0, 0.1) is 12.8 Å². The Bertz CT molecular complexity index is 314. The number of aryl methyl sites for hydroxylation is 1. The molecule has 0 saturated carbocycles. The first-order chi connectivity index (χ1) is 6.22. The number of fused-ring (bicyclic) bond motifs is 1. The first kappa shape index (κ1) is 8.75. The topological polar surface area (TPSA) is 43.8 Å². The molecule has 1 aromatic heterocycles. The van der Waals surface area contributed by atoms with Crippen LogP contribution in [0.5, 0.6) is 0 Å². The maximum Gasteiger partial charge on any atom is 0.109 e. The summed E-state index contributed by atoms with van der Waals surface area (Å²) in [7, 11) is 0. The molecule has 0 fully saturated rings. The van der Waals surface area contributed by atoms with Crippen LogP contribution in [0.1, 0.15) is 30.6 Å². The van der Waals surface area contributed by atoms with Crippen LogP contribution in [-0.2, 0) is 19.5 Å². The van der Waals surface area contributed by atoms with Crippen molar-refractivity contribution in [2.24, 2.45) is 11.7 Å². The molecular weight excluding hydrogens is 162 g/mol. The number of imidazole rings is 1. The molecule has 3 heteroatoms. The molecule has 1 unspecified atom stereocenters. The molecule has 1 aliphatic heterocycles. The lowest BCUT2D eigenvalue weighted by atomic mass is 10.0. The lowest BCUT2D eigenvalue weighted by Crippen LogP contribution is -2.20. The average Bonchev–Trinajstić information content (AvgIpc) is 2.39. The van der Waals surface area contributed by atoms with Crippen LogP contribution in [0.3, 0.4) is 0 Å². The highest BCUT2D eigenvalue weighted by molar-refractivity contribution is 5.17. The van der Waals surface area contributed by atoms with Crippen molar-refractivity contribution in [3.63, 3.8) is 0 Å². The van der Waals surface area contributed by atoms with Gasteiger partial charge in [-0.25, -0.2) is 4.98 Å². The van der Waals surface area contributed by atoms with Gasteiger partial charge in [0.05, 0.1) is 11.4 Å². The molecule has 2 heterocycles. The molecule has 72 valence electrons. The number of nitrogens with zero attached hydrogens (tertiary/aromatic N) is 2. The van der Waals surface area contributed by atoms with Crippen LogP contribution >= 0.6 is 0 Å². The summed E-state index contributed by atoms with van der Waals surface area (Å²) in [5, 5.41) is 0. The summed E-state index contributed by atoms with van der Waals surface area (Å²) >= 11 is 0. The van der Waals surface area contributed by atoms with Gasteiger partial charge in [-0.2, -0.15) is 0 Å². The van der Waals surface area contributed by atoms with Crippen LogP contribution in [0.25, 0.3) is 0 Å².